The van der Waals surface area contributed by atoms with E-state index < -0.39 is 0 Å². The number of nitrogens with one attached hydrogen (secondary N) is 1. The number of rotatable bonds is 7. The van der Waals surface area contributed by atoms with E-state index >= 15 is 0 Å². The van der Waals surface area contributed by atoms with Crippen LogP contribution in [0.5, 0.6) is 0 Å². The third kappa shape index (κ3) is 5.97. The maximum absolute atomic E-state index is 12.0. The zero-order valence-corrected chi connectivity index (χ0v) is 13.4. The van der Waals surface area contributed by atoms with Crippen LogP contribution in [-0.2, 0) is 4.79 Å². The fourth-order valence-corrected chi connectivity index (χ4v) is 2.26. The number of anilines is 1. The van der Waals surface area contributed by atoms with Crippen LogP contribution in [0.15, 0.2) is 24.3 Å². The number of para-hydroxylation sites is 1. The monoisotopic (exact) mass is 287 g/mol. The number of nitrogens with zero attached hydrogens (tertiary/aromatic N) is 2. The van der Waals surface area contributed by atoms with Crippen LogP contribution in [0.25, 0.3) is 0 Å². The maximum Gasteiger partial charge on any atom is 0.225 e. The van der Waals surface area contributed by atoms with Gasteiger partial charge in [0, 0.05) is 19.0 Å². The molecule has 0 aliphatic heterocycles. The van der Waals surface area contributed by atoms with Crippen molar-refractivity contribution in [3.8, 4) is 6.07 Å². The summed E-state index contributed by atoms with van der Waals surface area (Å²) in [5, 5.41) is 11.8. The van der Waals surface area contributed by atoms with E-state index in [0.717, 1.165) is 6.42 Å². The van der Waals surface area contributed by atoms with Crippen LogP contribution in [0, 0.1) is 17.2 Å². The molecule has 0 aliphatic rings. The van der Waals surface area contributed by atoms with Crippen molar-refractivity contribution >= 4 is 11.6 Å². The molecule has 0 aromatic heterocycles. The average molecular weight is 287 g/mol. The fourth-order valence-electron chi connectivity index (χ4n) is 2.26. The van der Waals surface area contributed by atoms with E-state index in [1.807, 2.05) is 13.1 Å². The molecule has 1 aromatic carbocycles. The molecule has 1 unspecified atom stereocenters. The molecule has 21 heavy (non-hydrogen) atoms. The Morgan fingerprint density at radius 3 is 2.62 bits per heavy atom. The number of carbonyl (C=O) groups is 1. The SMILES string of the molecule is CC(C)CC(C)N(C)CCC(=O)Nc1ccccc1C#N. The second-order valence-electron chi connectivity index (χ2n) is 5.91. The Balaban J connectivity index is 2.46. The molecule has 4 nitrogen and oxygen atoms in total. The summed E-state index contributed by atoms with van der Waals surface area (Å²) < 4.78 is 0. The van der Waals surface area contributed by atoms with E-state index in [1.54, 1.807) is 18.2 Å². The maximum atomic E-state index is 12.0. The highest BCUT2D eigenvalue weighted by atomic mass is 16.1. The lowest BCUT2D eigenvalue weighted by atomic mass is 10.0. The molecule has 1 rings (SSSR count). The molecule has 114 valence electrons. The number of carbonyl (C=O) groups excluding carboxylic acids is 1. The van der Waals surface area contributed by atoms with Crippen LogP contribution in [0.1, 0.15) is 39.2 Å². The standard InChI is InChI=1S/C17H25N3O/c1-13(2)11-14(3)20(4)10-9-17(21)19-16-8-6-5-7-15(16)12-18/h5-8,13-14H,9-11H2,1-4H3,(H,19,21). The van der Waals surface area contributed by atoms with Gasteiger partial charge in [0.05, 0.1) is 11.3 Å². The minimum Gasteiger partial charge on any atom is -0.325 e. The number of benzene rings is 1. The van der Waals surface area contributed by atoms with Gasteiger partial charge in [0.25, 0.3) is 0 Å². The molecule has 1 atom stereocenters. The Morgan fingerprint density at radius 2 is 2.00 bits per heavy atom. The third-order valence-electron chi connectivity index (χ3n) is 3.58. The molecule has 4 heteroatoms. The first-order valence-electron chi connectivity index (χ1n) is 7.43. The van der Waals surface area contributed by atoms with E-state index in [0.29, 0.717) is 36.2 Å². The van der Waals surface area contributed by atoms with Crippen molar-refractivity contribution in [1.82, 2.24) is 4.90 Å². The predicted molar refractivity (Wildman–Crippen MR) is 86.0 cm³/mol. The smallest absolute Gasteiger partial charge is 0.225 e. The van der Waals surface area contributed by atoms with Crippen LogP contribution >= 0.6 is 0 Å². The number of hydrogen-bond acceptors (Lipinski definition) is 3. The Hall–Kier alpha value is -1.86. The molecule has 0 saturated heterocycles. The van der Waals surface area contributed by atoms with Gasteiger partial charge in [-0.05, 0) is 38.4 Å². The van der Waals surface area contributed by atoms with Gasteiger partial charge < -0.3 is 10.2 Å². The van der Waals surface area contributed by atoms with Gasteiger partial charge in [-0.1, -0.05) is 26.0 Å². The van der Waals surface area contributed by atoms with Crippen molar-refractivity contribution in [2.75, 3.05) is 18.9 Å². The Bertz CT molecular complexity index is 505. The zero-order chi connectivity index (χ0) is 15.8. The number of amides is 1. The first-order chi connectivity index (χ1) is 9.93. The topological polar surface area (TPSA) is 56.1 Å². The van der Waals surface area contributed by atoms with Crippen LogP contribution < -0.4 is 5.32 Å². The van der Waals surface area contributed by atoms with Crippen LogP contribution in [0.2, 0.25) is 0 Å². The minimum atomic E-state index is -0.0544. The summed E-state index contributed by atoms with van der Waals surface area (Å²) in [5.41, 5.74) is 1.08. The normalized spacial score (nSPS) is 12.2. The van der Waals surface area contributed by atoms with Crippen molar-refractivity contribution in [1.29, 1.82) is 5.26 Å². The lowest BCUT2D eigenvalue weighted by Gasteiger charge is -2.25. The molecule has 0 bridgehead atoms. The van der Waals surface area contributed by atoms with Gasteiger partial charge in [0.2, 0.25) is 5.91 Å². The summed E-state index contributed by atoms with van der Waals surface area (Å²) in [4.78, 5) is 14.2. The summed E-state index contributed by atoms with van der Waals surface area (Å²) in [7, 11) is 2.05. The van der Waals surface area contributed by atoms with E-state index in [9.17, 15) is 4.79 Å². The van der Waals surface area contributed by atoms with Gasteiger partial charge in [-0.2, -0.15) is 5.26 Å². The summed E-state index contributed by atoms with van der Waals surface area (Å²) in [5.74, 6) is 0.597. The Labute approximate surface area is 127 Å². The van der Waals surface area contributed by atoms with Crippen molar-refractivity contribution in [3.63, 3.8) is 0 Å². The van der Waals surface area contributed by atoms with Crippen LogP contribution in [0.3, 0.4) is 0 Å². The molecule has 1 N–H and O–H groups in total. The molecule has 0 saturated carbocycles. The first-order valence-corrected chi connectivity index (χ1v) is 7.43. The average Bonchev–Trinajstić information content (AvgIpc) is 2.44. The van der Waals surface area contributed by atoms with Gasteiger partial charge in [-0.25, -0.2) is 0 Å². The van der Waals surface area contributed by atoms with E-state index in [4.69, 9.17) is 5.26 Å². The van der Waals surface area contributed by atoms with Crippen molar-refractivity contribution in [2.45, 2.75) is 39.7 Å². The number of hydrogen-bond donors (Lipinski definition) is 1. The van der Waals surface area contributed by atoms with Crippen molar-refractivity contribution in [3.05, 3.63) is 29.8 Å². The van der Waals surface area contributed by atoms with Gasteiger partial charge in [-0.15, -0.1) is 0 Å². The van der Waals surface area contributed by atoms with E-state index in [-0.39, 0.29) is 5.91 Å². The van der Waals surface area contributed by atoms with Gasteiger partial charge in [0.1, 0.15) is 6.07 Å². The largest absolute Gasteiger partial charge is 0.325 e. The van der Waals surface area contributed by atoms with Crippen molar-refractivity contribution < 1.29 is 4.79 Å². The van der Waals surface area contributed by atoms with Gasteiger partial charge in [0.15, 0.2) is 0 Å². The second-order valence-corrected chi connectivity index (χ2v) is 5.91. The molecular weight excluding hydrogens is 262 g/mol. The summed E-state index contributed by atoms with van der Waals surface area (Å²) in [6.07, 6.45) is 1.55. The number of nitriles is 1. The first kappa shape index (κ1) is 17.2. The third-order valence-corrected chi connectivity index (χ3v) is 3.58. The molecule has 0 fully saturated rings. The Kier molecular flexibility index (Phi) is 6.90. The highest BCUT2D eigenvalue weighted by molar-refractivity contribution is 5.92. The van der Waals surface area contributed by atoms with Crippen LogP contribution in [0.4, 0.5) is 5.69 Å². The quantitative estimate of drug-likeness (QED) is 0.837. The van der Waals surface area contributed by atoms with Gasteiger partial charge >= 0.3 is 0 Å². The molecule has 1 amide bonds. The summed E-state index contributed by atoms with van der Waals surface area (Å²) in [6.45, 7) is 7.31. The van der Waals surface area contributed by atoms with E-state index in [2.05, 4.69) is 37.1 Å². The molecule has 1 aromatic rings. The Morgan fingerprint density at radius 1 is 1.33 bits per heavy atom. The highest BCUT2D eigenvalue weighted by Gasteiger charge is 2.13. The molecule has 0 aliphatic carbocycles. The molecule has 0 heterocycles. The fraction of sp³-hybridized carbons (Fsp3) is 0.529. The van der Waals surface area contributed by atoms with Crippen LogP contribution in [-0.4, -0.2) is 30.4 Å². The molecule has 0 spiro atoms. The second kappa shape index (κ2) is 8.43. The highest BCUT2D eigenvalue weighted by Crippen LogP contribution is 2.14. The molecular formula is C17H25N3O. The lowest BCUT2D eigenvalue weighted by Crippen LogP contribution is -2.33. The van der Waals surface area contributed by atoms with Gasteiger partial charge in [-0.3, -0.25) is 4.79 Å². The lowest BCUT2D eigenvalue weighted by molar-refractivity contribution is -0.116. The van der Waals surface area contributed by atoms with E-state index in [1.165, 1.54) is 0 Å². The van der Waals surface area contributed by atoms with Crippen molar-refractivity contribution in [2.24, 2.45) is 5.92 Å². The molecule has 0 radical (unpaired) electrons. The zero-order valence-electron chi connectivity index (χ0n) is 13.4. The summed E-state index contributed by atoms with van der Waals surface area (Å²) in [6, 6.07) is 9.60. The summed E-state index contributed by atoms with van der Waals surface area (Å²) >= 11 is 0. The predicted octanol–water partition coefficient (Wildman–Crippen LogP) is 3.25. The minimum absolute atomic E-state index is 0.0544.